The second kappa shape index (κ2) is 10.6. The first-order valence-electron chi connectivity index (χ1n) is 11.2. The molecule has 3 rings (SSSR count). The Morgan fingerprint density at radius 1 is 1.00 bits per heavy atom. The van der Waals surface area contributed by atoms with Crippen LogP contribution in [0.15, 0.2) is 0 Å². The molecule has 0 aromatic heterocycles. The van der Waals surface area contributed by atoms with Crippen LogP contribution < -0.4 is 32.3 Å². The normalized spacial score (nSPS) is 36.7. The van der Waals surface area contributed by atoms with Gasteiger partial charge in [-0.25, -0.2) is 4.79 Å². The third-order valence-corrected chi connectivity index (χ3v) is 6.58. The largest absolute Gasteiger partial charge is 0.335 e. The van der Waals surface area contributed by atoms with Gasteiger partial charge in [0, 0.05) is 12.1 Å². The molecular weight excluding hydrogens is 340 g/mol. The van der Waals surface area contributed by atoms with Crippen LogP contribution in [0.2, 0.25) is 0 Å². The minimum Gasteiger partial charge on any atom is -0.335 e. The molecule has 0 radical (unpaired) electrons. The van der Waals surface area contributed by atoms with Crippen molar-refractivity contribution in [3.05, 3.63) is 0 Å². The fourth-order valence-corrected chi connectivity index (χ4v) is 5.16. The van der Waals surface area contributed by atoms with Crippen LogP contribution in [0, 0.1) is 11.8 Å². The lowest BCUT2D eigenvalue weighted by Crippen LogP contribution is -2.68. The molecule has 6 unspecified atom stereocenters. The summed E-state index contributed by atoms with van der Waals surface area (Å²) in [7, 11) is 0. The van der Waals surface area contributed by atoms with Crippen LogP contribution in [0.1, 0.15) is 71.1 Å². The highest BCUT2D eigenvalue weighted by Gasteiger charge is 2.33. The molecule has 3 aliphatic rings. The van der Waals surface area contributed by atoms with Crippen LogP contribution in [0.25, 0.3) is 0 Å². The summed E-state index contributed by atoms with van der Waals surface area (Å²) in [5, 5.41) is 16.7. The maximum absolute atomic E-state index is 12.5. The van der Waals surface area contributed by atoms with Crippen molar-refractivity contribution in [3.63, 3.8) is 0 Å². The van der Waals surface area contributed by atoms with Crippen molar-refractivity contribution < 1.29 is 4.79 Å². The number of nitrogens with two attached hydrogens (primary N) is 1. The van der Waals surface area contributed by atoms with Crippen molar-refractivity contribution in [1.82, 2.24) is 26.6 Å². The van der Waals surface area contributed by atoms with E-state index in [0.717, 1.165) is 57.0 Å². The number of hydrogen-bond acceptors (Lipinski definition) is 5. The van der Waals surface area contributed by atoms with Crippen LogP contribution in [-0.2, 0) is 0 Å². The van der Waals surface area contributed by atoms with Gasteiger partial charge in [-0.2, -0.15) is 0 Å². The summed E-state index contributed by atoms with van der Waals surface area (Å²) in [6, 6.07) is 0.618. The smallest absolute Gasteiger partial charge is 0.317 e. The Bertz CT molecular complexity index is 462. The van der Waals surface area contributed by atoms with E-state index in [9.17, 15) is 4.79 Å². The summed E-state index contributed by atoms with van der Waals surface area (Å²) in [4.78, 5) is 12.5. The van der Waals surface area contributed by atoms with Gasteiger partial charge in [0.15, 0.2) is 0 Å². The molecular formula is C20H40N6O. The van der Waals surface area contributed by atoms with Gasteiger partial charge >= 0.3 is 6.03 Å². The molecule has 0 spiro atoms. The highest BCUT2D eigenvalue weighted by molar-refractivity contribution is 5.74. The summed E-state index contributed by atoms with van der Waals surface area (Å²) in [6.07, 6.45) is 12.2. The van der Waals surface area contributed by atoms with Crippen LogP contribution in [0.3, 0.4) is 0 Å². The standard InChI is InChI=1S/C20H40N6O/c1-14-12-18(22-11-5-4-10-21)25-19(23-14)26-20(27)24-17-9-8-15-6-2-3-7-16(15)13-17/h14-19,22-23,25H,2-13,21H2,1H3,(H2,24,26,27). The predicted molar refractivity (Wildman–Crippen MR) is 109 cm³/mol. The van der Waals surface area contributed by atoms with Crippen molar-refractivity contribution in [2.24, 2.45) is 17.6 Å². The van der Waals surface area contributed by atoms with Crippen molar-refractivity contribution >= 4 is 6.03 Å². The number of rotatable bonds is 7. The summed E-state index contributed by atoms with van der Waals surface area (Å²) < 4.78 is 0. The van der Waals surface area contributed by atoms with Crippen molar-refractivity contribution in [2.45, 2.75) is 95.7 Å². The van der Waals surface area contributed by atoms with Crippen LogP contribution in [-0.4, -0.2) is 43.7 Å². The van der Waals surface area contributed by atoms with Crippen LogP contribution in [0.5, 0.6) is 0 Å². The minimum atomic E-state index is -0.202. The number of unbranched alkanes of at least 4 members (excludes halogenated alkanes) is 1. The number of carbonyl (C=O) groups is 1. The average molecular weight is 381 g/mol. The molecule has 7 heteroatoms. The molecule has 2 aliphatic carbocycles. The Balaban J connectivity index is 1.39. The molecule has 1 saturated heterocycles. The van der Waals surface area contributed by atoms with E-state index in [1.54, 1.807) is 0 Å². The summed E-state index contributed by atoms with van der Waals surface area (Å²) in [5.41, 5.74) is 5.55. The third kappa shape index (κ3) is 6.59. The molecule has 0 aromatic carbocycles. The van der Waals surface area contributed by atoms with E-state index in [1.165, 1.54) is 32.1 Å². The Labute approximate surface area is 164 Å². The Morgan fingerprint density at radius 3 is 2.63 bits per heavy atom. The number of fused-ring (bicyclic) bond motifs is 1. The highest BCUT2D eigenvalue weighted by Crippen LogP contribution is 2.40. The van der Waals surface area contributed by atoms with Crippen molar-refractivity contribution in [1.29, 1.82) is 0 Å². The van der Waals surface area contributed by atoms with Crippen LogP contribution >= 0.6 is 0 Å². The van der Waals surface area contributed by atoms with Gasteiger partial charge in [-0.3, -0.25) is 10.6 Å². The maximum atomic E-state index is 12.5. The van der Waals surface area contributed by atoms with Crippen molar-refractivity contribution in [2.75, 3.05) is 13.1 Å². The van der Waals surface area contributed by atoms with Crippen molar-refractivity contribution in [3.8, 4) is 0 Å². The fourth-order valence-electron chi connectivity index (χ4n) is 5.16. The second-order valence-electron chi connectivity index (χ2n) is 8.84. The first kappa shape index (κ1) is 20.8. The minimum absolute atomic E-state index is 0.0600. The zero-order chi connectivity index (χ0) is 19.1. The lowest BCUT2D eigenvalue weighted by molar-refractivity contribution is 0.141. The second-order valence-corrected chi connectivity index (χ2v) is 8.84. The molecule has 7 N–H and O–H groups in total. The summed E-state index contributed by atoms with van der Waals surface area (Å²) >= 11 is 0. The van der Waals surface area contributed by atoms with Crippen LogP contribution in [0.4, 0.5) is 4.79 Å². The highest BCUT2D eigenvalue weighted by atomic mass is 16.2. The van der Waals surface area contributed by atoms with Gasteiger partial charge in [0.1, 0.15) is 6.29 Å². The number of hydrogen-bond donors (Lipinski definition) is 6. The molecule has 0 aromatic rings. The molecule has 156 valence electrons. The molecule has 3 fully saturated rings. The van der Waals surface area contributed by atoms with E-state index in [4.69, 9.17) is 5.73 Å². The lowest BCUT2D eigenvalue weighted by Gasteiger charge is -2.40. The molecule has 2 amide bonds. The zero-order valence-electron chi connectivity index (χ0n) is 16.9. The Morgan fingerprint density at radius 2 is 1.81 bits per heavy atom. The molecule has 6 atom stereocenters. The Kier molecular flexibility index (Phi) is 8.18. The number of amides is 2. The quantitative estimate of drug-likeness (QED) is 0.376. The van der Waals surface area contributed by atoms with Gasteiger partial charge in [-0.15, -0.1) is 0 Å². The average Bonchev–Trinajstić information content (AvgIpc) is 2.64. The fraction of sp³-hybridized carbons (Fsp3) is 0.950. The van der Waals surface area contributed by atoms with Gasteiger partial charge < -0.3 is 21.7 Å². The Hall–Kier alpha value is -0.890. The van der Waals surface area contributed by atoms with E-state index in [0.29, 0.717) is 12.1 Å². The maximum Gasteiger partial charge on any atom is 0.317 e. The van der Waals surface area contributed by atoms with E-state index in [-0.39, 0.29) is 18.5 Å². The molecule has 27 heavy (non-hydrogen) atoms. The predicted octanol–water partition coefficient (Wildman–Crippen LogP) is 1.55. The van der Waals surface area contributed by atoms with Gasteiger partial charge in [0.2, 0.25) is 0 Å². The molecule has 1 heterocycles. The molecule has 7 nitrogen and oxygen atoms in total. The number of carbonyl (C=O) groups excluding carboxylic acids is 1. The lowest BCUT2D eigenvalue weighted by atomic mass is 9.69. The number of nitrogens with one attached hydrogen (secondary N) is 5. The van der Waals surface area contributed by atoms with Gasteiger partial charge in [0.05, 0.1) is 6.17 Å². The van der Waals surface area contributed by atoms with E-state index in [1.807, 2.05) is 0 Å². The SMILES string of the molecule is CC1CC(NCCCCN)NC(NC(=O)NC2CCC3CCCCC3C2)N1. The molecule has 0 bridgehead atoms. The van der Waals surface area contributed by atoms with Gasteiger partial charge in [0.25, 0.3) is 0 Å². The summed E-state index contributed by atoms with van der Waals surface area (Å²) in [5.74, 6) is 1.74. The van der Waals surface area contributed by atoms with Gasteiger partial charge in [-0.1, -0.05) is 25.7 Å². The first-order valence-corrected chi connectivity index (χ1v) is 11.2. The summed E-state index contributed by atoms with van der Waals surface area (Å²) in [6.45, 7) is 3.85. The molecule has 1 aliphatic heterocycles. The van der Waals surface area contributed by atoms with E-state index < -0.39 is 0 Å². The molecule has 2 saturated carbocycles. The first-order chi connectivity index (χ1) is 13.1. The zero-order valence-corrected chi connectivity index (χ0v) is 16.9. The third-order valence-electron chi connectivity index (χ3n) is 6.58. The van der Waals surface area contributed by atoms with E-state index >= 15 is 0 Å². The van der Waals surface area contributed by atoms with Gasteiger partial charge in [-0.05, 0) is 70.4 Å². The van der Waals surface area contributed by atoms with E-state index in [2.05, 4.69) is 33.5 Å². The monoisotopic (exact) mass is 380 g/mol. The topological polar surface area (TPSA) is 103 Å². The number of urea groups is 1.